The lowest BCUT2D eigenvalue weighted by atomic mass is 10.0. The number of allylic oxidation sites excluding steroid dienone is 1. The molecule has 0 fully saturated rings. The van der Waals surface area contributed by atoms with Crippen molar-refractivity contribution in [3.8, 4) is 0 Å². The highest BCUT2D eigenvalue weighted by Gasteiger charge is 2.02. The third-order valence-corrected chi connectivity index (χ3v) is 2.68. The molecule has 0 aliphatic rings. The van der Waals surface area contributed by atoms with Crippen molar-refractivity contribution in [1.29, 1.82) is 0 Å². The summed E-state index contributed by atoms with van der Waals surface area (Å²) in [5, 5.41) is 1.06. The van der Waals surface area contributed by atoms with Gasteiger partial charge in [-0.15, -0.1) is 0 Å². The second-order valence-electron chi connectivity index (χ2n) is 3.99. The molecule has 0 unspecified atom stereocenters. The topological polar surface area (TPSA) is 39.2 Å². The zero-order valence-electron chi connectivity index (χ0n) is 10.5. The summed E-state index contributed by atoms with van der Waals surface area (Å²) in [5.41, 5.74) is 2.84. The van der Waals surface area contributed by atoms with Crippen LogP contribution in [0.25, 0.3) is 16.5 Å². The molecule has 3 nitrogen and oxygen atoms in total. The van der Waals surface area contributed by atoms with Crippen molar-refractivity contribution in [2.45, 2.75) is 13.8 Å². The molecule has 0 bridgehead atoms. The van der Waals surface area contributed by atoms with Crippen molar-refractivity contribution in [3.05, 3.63) is 48.2 Å². The van der Waals surface area contributed by atoms with E-state index in [-0.39, 0.29) is 5.97 Å². The molecule has 0 saturated carbocycles. The Morgan fingerprint density at radius 1 is 1.39 bits per heavy atom. The van der Waals surface area contributed by atoms with Crippen molar-refractivity contribution in [3.63, 3.8) is 0 Å². The van der Waals surface area contributed by atoms with Gasteiger partial charge < -0.3 is 4.74 Å². The molecule has 18 heavy (non-hydrogen) atoms. The maximum Gasteiger partial charge on any atom is 0.331 e. The SMILES string of the molecule is CCOC(=O)/C=C(\C)c1ccc2ncccc2c1. The molecule has 2 rings (SSSR count). The minimum absolute atomic E-state index is 0.304. The van der Waals surface area contributed by atoms with Crippen LogP contribution in [0.15, 0.2) is 42.6 Å². The Morgan fingerprint density at radius 2 is 2.22 bits per heavy atom. The fourth-order valence-corrected chi connectivity index (χ4v) is 1.76. The van der Waals surface area contributed by atoms with Gasteiger partial charge in [0.15, 0.2) is 0 Å². The molecule has 0 aliphatic carbocycles. The fourth-order valence-electron chi connectivity index (χ4n) is 1.76. The number of fused-ring (bicyclic) bond motifs is 1. The molecule has 0 aliphatic heterocycles. The predicted octanol–water partition coefficient (Wildman–Crippen LogP) is 3.20. The third kappa shape index (κ3) is 2.74. The summed E-state index contributed by atoms with van der Waals surface area (Å²) in [5.74, 6) is -0.304. The molecule has 0 amide bonds. The van der Waals surface area contributed by atoms with Crippen LogP contribution >= 0.6 is 0 Å². The largest absolute Gasteiger partial charge is 0.463 e. The van der Waals surface area contributed by atoms with E-state index in [0.717, 1.165) is 22.0 Å². The lowest BCUT2D eigenvalue weighted by Gasteiger charge is -2.04. The Bertz CT molecular complexity index is 602. The number of nitrogens with zero attached hydrogens (tertiary/aromatic N) is 1. The Labute approximate surface area is 106 Å². The molecule has 3 heteroatoms. The number of carbonyl (C=O) groups is 1. The van der Waals surface area contributed by atoms with E-state index in [1.165, 1.54) is 6.08 Å². The molecule has 1 heterocycles. The van der Waals surface area contributed by atoms with E-state index in [4.69, 9.17) is 4.74 Å². The first-order chi connectivity index (χ1) is 8.70. The van der Waals surface area contributed by atoms with E-state index < -0.39 is 0 Å². The molecule has 0 atom stereocenters. The van der Waals surface area contributed by atoms with Crippen LogP contribution in [-0.2, 0) is 9.53 Å². The van der Waals surface area contributed by atoms with Crippen molar-refractivity contribution in [2.24, 2.45) is 0 Å². The second kappa shape index (κ2) is 5.45. The molecule has 0 N–H and O–H groups in total. The highest BCUT2D eigenvalue weighted by Crippen LogP contribution is 2.19. The molecule has 1 aromatic carbocycles. The van der Waals surface area contributed by atoms with Crippen LogP contribution in [0.4, 0.5) is 0 Å². The predicted molar refractivity (Wildman–Crippen MR) is 72.0 cm³/mol. The highest BCUT2D eigenvalue weighted by atomic mass is 16.5. The van der Waals surface area contributed by atoms with Gasteiger partial charge in [0.25, 0.3) is 0 Å². The summed E-state index contributed by atoms with van der Waals surface area (Å²) in [7, 11) is 0. The number of esters is 1. The van der Waals surface area contributed by atoms with Crippen LogP contribution in [0.5, 0.6) is 0 Å². The Kier molecular flexibility index (Phi) is 3.72. The summed E-state index contributed by atoms with van der Waals surface area (Å²) < 4.78 is 4.89. The summed E-state index contributed by atoms with van der Waals surface area (Å²) in [6.07, 6.45) is 3.28. The van der Waals surface area contributed by atoms with Gasteiger partial charge in [-0.25, -0.2) is 4.79 Å². The van der Waals surface area contributed by atoms with E-state index in [1.807, 2.05) is 37.3 Å². The number of ether oxygens (including phenoxy) is 1. The molecular formula is C15H15NO2. The van der Waals surface area contributed by atoms with Gasteiger partial charge in [0, 0.05) is 17.7 Å². The van der Waals surface area contributed by atoms with E-state index >= 15 is 0 Å². The number of hydrogen-bond donors (Lipinski definition) is 0. The van der Waals surface area contributed by atoms with Gasteiger partial charge in [-0.1, -0.05) is 12.1 Å². The van der Waals surface area contributed by atoms with Crippen LogP contribution in [0.1, 0.15) is 19.4 Å². The maximum atomic E-state index is 11.4. The first-order valence-corrected chi connectivity index (χ1v) is 5.91. The van der Waals surface area contributed by atoms with Gasteiger partial charge >= 0.3 is 5.97 Å². The number of hydrogen-bond acceptors (Lipinski definition) is 3. The number of carbonyl (C=O) groups excluding carboxylic acids is 1. The monoisotopic (exact) mass is 241 g/mol. The van der Waals surface area contributed by atoms with Gasteiger partial charge in [0.2, 0.25) is 0 Å². The standard InChI is InChI=1S/C15H15NO2/c1-3-18-15(17)9-11(2)12-6-7-14-13(10-12)5-4-8-16-14/h4-10H,3H2,1-2H3/b11-9+. The molecule has 0 radical (unpaired) electrons. The van der Waals surface area contributed by atoms with Gasteiger partial charge in [0.1, 0.15) is 0 Å². The van der Waals surface area contributed by atoms with Crippen molar-refractivity contribution in [2.75, 3.05) is 6.61 Å². The maximum absolute atomic E-state index is 11.4. The van der Waals surface area contributed by atoms with Crippen molar-refractivity contribution < 1.29 is 9.53 Å². The van der Waals surface area contributed by atoms with Gasteiger partial charge in [0.05, 0.1) is 12.1 Å². The van der Waals surface area contributed by atoms with Crippen molar-refractivity contribution in [1.82, 2.24) is 4.98 Å². The average molecular weight is 241 g/mol. The summed E-state index contributed by atoms with van der Waals surface area (Å²) >= 11 is 0. The molecule has 0 spiro atoms. The van der Waals surface area contributed by atoms with Crippen LogP contribution in [0.2, 0.25) is 0 Å². The molecular weight excluding hydrogens is 226 g/mol. The van der Waals surface area contributed by atoms with Gasteiger partial charge in [-0.05, 0) is 43.2 Å². The Balaban J connectivity index is 2.33. The number of pyridine rings is 1. The zero-order chi connectivity index (χ0) is 13.0. The fraction of sp³-hybridized carbons (Fsp3) is 0.200. The van der Waals surface area contributed by atoms with Crippen LogP contribution in [0, 0.1) is 0 Å². The molecule has 2 aromatic rings. The number of aromatic nitrogens is 1. The van der Waals surface area contributed by atoms with Gasteiger partial charge in [-0.3, -0.25) is 4.98 Å². The van der Waals surface area contributed by atoms with E-state index in [0.29, 0.717) is 6.61 Å². The number of rotatable bonds is 3. The summed E-state index contributed by atoms with van der Waals surface area (Å²) in [4.78, 5) is 15.6. The average Bonchev–Trinajstić information content (AvgIpc) is 2.38. The normalized spacial score (nSPS) is 11.6. The smallest absolute Gasteiger partial charge is 0.331 e. The van der Waals surface area contributed by atoms with Crippen LogP contribution in [0.3, 0.4) is 0 Å². The summed E-state index contributed by atoms with van der Waals surface area (Å²) in [6.45, 7) is 4.08. The second-order valence-corrected chi connectivity index (χ2v) is 3.99. The Hall–Kier alpha value is -2.16. The minimum atomic E-state index is -0.304. The quantitative estimate of drug-likeness (QED) is 0.612. The van der Waals surface area contributed by atoms with E-state index in [9.17, 15) is 4.79 Å². The van der Waals surface area contributed by atoms with Gasteiger partial charge in [-0.2, -0.15) is 0 Å². The number of benzene rings is 1. The summed E-state index contributed by atoms with van der Waals surface area (Å²) in [6, 6.07) is 9.83. The highest BCUT2D eigenvalue weighted by molar-refractivity contribution is 5.92. The Morgan fingerprint density at radius 3 is 3.00 bits per heavy atom. The first-order valence-electron chi connectivity index (χ1n) is 5.91. The van der Waals surface area contributed by atoms with Crippen molar-refractivity contribution >= 4 is 22.4 Å². The van der Waals surface area contributed by atoms with Crippen LogP contribution in [-0.4, -0.2) is 17.6 Å². The molecule has 1 aromatic heterocycles. The van der Waals surface area contributed by atoms with E-state index in [2.05, 4.69) is 4.98 Å². The van der Waals surface area contributed by atoms with Crippen LogP contribution < -0.4 is 0 Å². The molecule has 0 saturated heterocycles. The lowest BCUT2D eigenvalue weighted by Crippen LogP contribution is -2.00. The lowest BCUT2D eigenvalue weighted by molar-refractivity contribution is -0.137. The van der Waals surface area contributed by atoms with E-state index in [1.54, 1.807) is 13.1 Å². The minimum Gasteiger partial charge on any atom is -0.463 e. The molecule has 92 valence electrons. The first kappa shape index (κ1) is 12.3. The zero-order valence-corrected chi connectivity index (χ0v) is 10.5. The third-order valence-electron chi connectivity index (χ3n) is 2.68.